The topological polar surface area (TPSA) is 61.4 Å². The van der Waals surface area contributed by atoms with Gasteiger partial charge in [0.05, 0.1) is 6.04 Å². The molecule has 0 saturated heterocycles. The zero-order valence-corrected chi connectivity index (χ0v) is 15.2. The van der Waals surface area contributed by atoms with E-state index < -0.39 is 0 Å². The molecule has 0 heterocycles. The molecule has 2 N–H and O–H groups in total. The van der Waals surface area contributed by atoms with Crippen LogP contribution in [0.15, 0.2) is 48.5 Å². The van der Waals surface area contributed by atoms with Crippen molar-refractivity contribution in [3.8, 4) is 0 Å². The molecular weight excluding hydrogens is 314 g/mol. The molecule has 3 amide bonds. The van der Waals surface area contributed by atoms with Gasteiger partial charge in [0, 0.05) is 26.2 Å². The Bertz CT molecular complexity index is 741. The first-order chi connectivity index (χ1) is 11.9. The van der Waals surface area contributed by atoms with E-state index in [0.29, 0.717) is 12.1 Å². The second-order valence-corrected chi connectivity index (χ2v) is 6.16. The zero-order valence-electron chi connectivity index (χ0n) is 15.2. The lowest BCUT2D eigenvalue weighted by atomic mass is 10.0. The molecule has 2 aromatic rings. The smallest absolute Gasteiger partial charge is 0.317 e. The van der Waals surface area contributed by atoms with Crippen molar-refractivity contribution in [2.75, 3.05) is 14.1 Å². The molecule has 1 atom stereocenters. The standard InChI is InChI=1S/C20H25N3O2/c1-14-7-5-6-8-18(14)15(2)22-20(25)23(4)13-16-9-11-17(12-10-16)19(24)21-3/h5-12,15H,13H2,1-4H3,(H,21,24)(H,22,25). The van der Waals surface area contributed by atoms with Crippen LogP contribution < -0.4 is 10.6 Å². The average Bonchev–Trinajstić information content (AvgIpc) is 2.61. The van der Waals surface area contributed by atoms with Gasteiger partial charge in [-0.3, -0.25) is 4.79 Å². The SMILES string of the molecule is CNC(=O)c1ccc(CN(C)C(=O)NC(C)c2ccccc2C)cc1. The fraction of sp³-hybridized carbons (Fsp3) is 0.300. The Morgan fingerprint density at radius 1 is 1.08 bits per heavy atom. The summed E-state index contributed by atoms with van der Waals surface area (Å²) >= 11 is 0. The minimum atomic E-state index is -0.133. The first kappa shape index (κ1) is 18.5. The molecule has 0 radical (unpaired) electrons. The molecule has 0 fully saturated rings. The van der Waals surface area contributed by atoms with Gasteiger partial charge in [-0.2, -0.15) is 0 Å². The van der Waals surface area contributed by atoms with E-state index in [-0.39, 0.29) is 18.0 Å². The molecule has 0 aliphatic rings. The molecule has 132 valence electrons. The van der Waals surface area contributed by atoms with Crippen molar-refractivity contribution in [2.45, 2.75) is 26.4 Å². The summed E-state index contributed by atoms with van der Waals surface area (Å²) in [4.78, 5) is 25.6. The van der Waals surface area contributed by atoms with E-state index in [0.717, 1.165) is 16.7 Å². The maximum absolute atomic E-state index is 12.4. The Hall–Kier alpha value is -2.82. The third kappa shape index (κ3) is 4.83. The summed E-state index contributed by atoms with van der Waals surface area (Å²) in [5.74, 6) is -0.121. The molecular formula is C20H25N3O2. The molecule has 2 aromatic carbocycles. The predicted octanol–water partition coefficient (Wildman–Crippen LogP) is 3.26. The summed E-state index contributed by atoms with van der Waals surface area (Å²) in [5.41, 5.74) is 3.84. The maximum atomic E-state index is 12.4. The zero-order chi connectivity index (χ0) is 18.4. The van der Waals surface area contributed by atoms with Gasteiger partial charge in [-0.05, 0) is 42.7 Å². The van der Waals surface area contributed by atoms with Crippen molar-refractivity contribution in [2.24, 2.45) is 0 Å². The average molecular weight is 339 g/mol. The van der Waals surface area contributed by atoms with Gasteiger partial charge in [0.1, 0.15) is 0 Å². The minimum Gasteiger partial charge on any atom is -0.355 e. The Balaban J connectivity index is 1.96. The predicted molar refractivity (Wildman–Crippen MR) is 99.4 cm³/mol. The number of carbonyl (C=O) groups excluding carboxylic acids is 2. The van der Waals surface area contributed by atoms with E-state index in [2.05, 4.69) is 10.6 Å². The van der Waals surface area contributed by atoms with Crippen molar-refractivity contribution >= 4 is 11.9 Å². The van der Waals surface area contributed by atoms with Gasteiger partial charge in [0.2, 0.25) is 0 Å². The summed E-state index contributed by atoms with van der Waals surface area (Å²) in [6.07, 6.45) is 0. The number of hydrogen-bond donors (Lipinski definition) is 2. The third-order valence-electron chi connectivity index (χ3n) is 4.20. The summed E-state index contributed by atoms with van der Waals surface area (Å²) in [7, 11) is 3.36. The van der Waals surface area contributed by atoms with Gasteiger partial charge < -0.3 is 15.5 Å². The van der Waals surface area contributed by atoms with E-state index in [4.69, 9.17) is 0 Å². The van der Waals surface area contributed by atoms with Gasteiger partial charge in [0.25, 0.3) is 5.91 Å². The van der Waals surface area contributed by atoms with E-state index in [1.165, 1.54) is 0 Å². The van der Waals surface area contributed by atoms with Gasteiger partial charge in [-0.25, -0.2) is 4.79 Å². The molecule has 0 aliphatic heterocycles. The van der Waals surface area contributed by atoms with Crippen molar-refractivity contribution in [1.29, 1.82) is 0 Å². The van der Waals surface area contributed by atoms with Crippen LogP contribution >= 0.6 is 0 Å². The number of urea groups is 1. The van der Waals surface area contributed by atoms with Crippen LogP contribution in [0.2, 0.25) is 0 Å². The van der Waals surface area contributed by atoms with Gasteiger partial charge in [-0.1, -0.05) is 36.4 Å². The van der Waals surface area contributed by atoms with Crippen LogP contribution in [-0.2, 0) is 6.54 Å². The van der Waals surface area contributed by atoms with Gasteiger partial charge in [-0.15, -0.1) is 0 Å². The summed E-state index contributed by atoms with van der Waals surface area (Å²) in [6.45, 7) is 4.49. The Kier molecular flexibility index (Phi) is 6.17. The van der Waals surface area contributed by atoms with E-state index in [1.54, 1.807) is 31.1 Å². The molecule has 0 aromatic heterocycles. The van der Waals surface area contributed by atoms with Crippen molar-refractivity contribution < 1.29 is 9.59 Å². The molecule has 1 unspecified atom stereocenters. The third-order valence-corrected chi connectivity index (χ3v) is 4.20. The molecule has 25 heavy (non-hydrogen) atoms. The van der Waals surface area contributed by atoms with Crippen LogP contribution in [0.1, 0.15) is 40.0 Å². The highest BCUT2D eigenvalue weighted by atomic mass is 16.2. The number of benzene rings is 2. The molecule has 5 heteroatoms. The Morgan fingerprint density at radius 3 is 2.32 bits per heavy atom. The van der Waals surface area contributed by atoms with Crippen molar-refractivity contribution in [1.82, 2.24) is 15.5 Å². The lowest BCUT2D eigenvalue weighted by molar-refractivity contribution is 0.0963. The number of aryl methyl sites for hydroxylation is 1. The van der Waals surface area contributed by atoms with Crippen LogP contribution in [0.5, 0.6) is 0 Å². The number of nitrogens with zero attached hydrogens (tertiary/aromatic N) is 1. The van der Waals surface area contributed by atoms with Gasteiger partial charge >= 0.3 is 6.03 Å². The number of amides is 3. The Morgan fingerprint density at radius 2 is 1.72 bits per heavy atom. The van der Waals surface area contributed by atoms with E-state index in [9.17, 15) is 9.59 Å². The number of rotatable bonds is 5. The van der Waals surface area contributed by atoms with Crippen LogP contribution in [0.4, 0.5) is 4.79 Å². The van der Waals surface area contributed by atoms with Crippen molar-refractivity contribution in [3.05, 3.63) is 70.8 Å². The lowest BCUT2D eigenvalue weighted by Gasteiger charge is -2.22. The van der Waals surface area contributed by atoms with E-state index in [1.807, 2.05) is 50.2 Å². The Labute approximate surface area is 149 Å². The highest BCUT2D eigenvalue weighted by molar-refractivity contribution is 5.93. The summed E-state index contributed by atoms with van der Waals surface area (Å²) < 4.78 is 0. The molecule has 2 rings (SSSR count). The minimum absolute atomic E-state index is 0.0632. The van der Waals surface area contributed by atoms with E-state index >= 15 is 0 Å². The summed E-state index contributed by atoms with van der Waals surface area (Å²) in [5, 5.41) is 5.61. The van der Waals surface area contributed by atoms with Crippen molar-refractivity contribution in [3.63, 3.8) is 0 Å². The first-order valence-corrected chi connectivity index (χ1v) is 8.30. The molecule has 0 spiro atoms. The highest BCUT2D eigenvalue weighted by Gasteiger charge is 2.15. The summed E-state index contributed by atoms with van der Waals surface area (Å²) in [6, 6.07) is 15.1. The normalized spacial score (nSPS) is 11.5. The monoisotopic (exact) mass is 339 g/mol. The molecule has 0 saturated carbocycles. The largest absolute Gasteiger partial charge is 0.355 e. The van der Waals surface area contributed by atoms with Gasteiger partial charge in [0.15, 0.2) is 0 Å². The fourth-order valence-corrected chi connectivity index (χ4v) is 2.70. The first-order valence-electron chi connectivity index (χ1n) is 8.30. The molecule has 5 nitrogen and oxygen atoms in total. The second-order valence-electron chi connectivity index (χ2n) is 6.16. The molecule has 0 bridgehead atoms. The van der Waals surface area contributed by atoms with Crippen LogP contribution in [0.3, 0.4) is 0 Å². The quantitative estimate of drug-likeness (QED) is 0.878. The number of hydrogen-bond acceptors (Lipinski definition) is 2. The maximum Gasteiger partial charge on any atom is 0.317 e. The fourth-order valence-electron chi connectivity index (χ4n) is 2.70. The highest BCUT2D eigenvalue weighted by Crippen LogP contribution is 2.17. The number of carbonyl (C=O) groups is 2. The molecule has 0 aliphatic carbocycles. The van der Waals surface area contributed by atoms with Crippen LogP contribution in [-0.4, -0.2) is 30.9 Å². The van der Waals surface area contributed by atoms with Crippen LogP contribution in [0.25, 0.3) is 0 Å². The lowest BCUT2D eigenvalue weighted by Crippen LogP contribution is -2.38. The van der Waals surface area contributed by atoms with Crippen LogP contribution in [0, 0.1) is 6.92 Å². The second kappa shape index (κ2) is 8.33. The number of nitrogens with one attached hydrogen (secondary N) is 2.